The van der Waals surface area contributed by atoms with Crippen molar-refractivity contribution in [2.45, 2.75) is 6.42 Å². The van der Waals surface area contributed by atoms with E-state index in [1.54, 1.807) is 0 Å². The first-order chi connectivity index (χ1) is 4.41. The van der Waals surface area contributed by atoms with E-state index in [0.717, 1.165) is 6.54 Å². The van der Waals surface area contributed by atoms with Crippen molar-refractivity contribution in [3.8, 4) is 0 Å². The molecule has 1 saturated heterocycles. The summed E-state index contributed by atoms with van der Waals surface area (Å²) in [5.41, 5.74) is 0.417. The van der Waals surface area contributed by atoms with E-state index in [1.165, 1.54) is 13.0 Å². The maximum atomic E-state index is 3.35. The Morgan fingerprint density at radius 2 is 2.00 bits per heavy atom. The minimum absolute atomic E-state index is 0.417. The van der Waals surface area contributed by atoms with Crippen LogP contribution in [0.2, 0.25) is 0 Å². The van der Waals surface area contributed by atoms with Gasteiger partial charge in [-0.2, -0.15) is 0 Å². The van der Waals surface area contributed by atoms with Crippen LogP contribution in [-0.2, 0) is 0 Å². The lowest BCUT2D eigenvalue weighted by Crippen LogP contribution is -2.16. The van der Waals surface area contributed by atoms with Gasteiger partial charge in [-0.25, -0.2) is 0 Å². The molecule has 0 aromatic heterocycles. The zero-order valence-corrected chi connectivity index (χ0v) is 5.43. The molecule has 1 aliphatic carbocycles. The zero-order chi connectivity index (χ0) is 6.16. The molecule has 0 amide bonds. The fourth-order valence-electron chi connectivity index (χ4n) is 1.57. The number of hydrogen-bond donors (Lipinski definition) is 1. The van der Waals surface area contributed by atoms with Crippen molar-refractivity contribution >= 4 is 0 Å². The van der Waals surface area contributed by atoms with Crippen molar-refractivity contribution in [2.75, 3.05) is 13.1 Å². The van der Waals surface area contributed by atoms with E-state index >= 15 is 0 Å². The van der Waals surface area contributed by atoms with E-state index in [9.17, 15) is 0 Å². The first-order valence-corrected chi connectivity index (χ1v) is 3.49. The monoisotopic (exact) mass is 121 g/mol. The Morgan fingerprint density at radius 3 is 2.56 bits per heavy atom. The number of hydrogen-bond acceptors (Lipinski definition) is 1. The van der Waals surface area contributed by atoms with Gasteiger partial charge >= 0.3 is 0 Å². The fourth-order valence-corrected chi connectivity index (χ4v) is 1.57. The first-order valence-electron chi connectivity index (χ1n) is 3.49. The summed E-state index contributed by atoms with van der Waals surface area (Å²) in [5, 5.41) is 3.35. The van der Waals surface area contributed by atoms with Crippen LogP contribution in [0.4, 0.5) is 0 Å². The minimum Gasteiger partial charge on any atom is -0.316 e. The van der Waals surface area contributed by atoms with E-state index in [0.29, 0.717) is 5.41 Å². The molecule has 1 fully saturated rings. The van der Waals surface area contributed by atoms with Crippen LogP contribution in [0.15, 0.2) is 24.3 Å². The van der Waals surface area contributed by atoms with Gasteiger partial charge in [-0.3, -0.25) is 0 Å². The third kappa shape index (κ3) is 0.724. The average molecular weight is 121 g/mol. The van der Waals surface area contributed by atoms with Gasteiger partial charge in [0.05, 0.1) is 0 Å². The molecule has 0 radical (unpaired) electrons. The van der Waals surface area contributed by atoms with Crippen LogP contribution in [0.5, 0.6) is 0 Å². The van der Waals surface area contributed by atoms with Crippen molar-refractivity contribution in [1.29, 1.82) is 0 Å². The van der Waals surface area contributed by atoms with E-state index in [2.05, 4.69) is 29.6 Å². The van der Waals surface area contributed by atoms with Gasteiger partial charge in [-0.15, -0.1) is 0 Å². The first kappa shape index (κ1) is 5.24. The molecule has 48 valence electrons. The van der Waals surface area contributed by atoms with Crippen molar-refractivity contribution in [1.82, 2.24) is 5.32 Å². The SMILES string of the molecule is C1=CC2(C=C1)CCNC2. The molecule has 1 N–H and O–H groups in total. The highest BCUT2D eigenvalue weighted by Gasteiger charge is 2.29. The van der Waals surface area contributed by atoms with Crippen molar-refractivity contribution < 1.29 is 0 Å². The van der Waals surface area contributed by atoms with Crippen LogP contribution in [0.1, 0.15) is 6.42 Å². The lowest BCUT2D eigenvalue weighted by atomic mass is 9.90. The molecule has 2 rings (SSSR count). The third-order valence-corrected chi connectivity index (χ3v) is 2.19. The predicted octanol–water partition coefficient (Wildman–Crippen LogP) is 1.09. The van der Waals surface area contributed by atoms with Crippen LogP contribution in [-0.4, -0.2) is 13.1 Å². The average Bonchev–Trinajstić information content (AvgIpc) is 2.45. The lowest BCUT2D eigenvalue weighted by Gasteiger charge is -2.14. The topological polar surface area (TPSA) is 12.0 Å². The molecular formula is C8H11N. The Kier molecular flexibility index (Phi) is 0.995. The zero-order valence-electron chi connectivity index (χ0n) is 5.43. The summed E-state index contributed by atoms with van der Waals surface area (Å²) in [6.45, 7) is 2.31. The summed E-state index contributed by atoms with van der Waals surface area (Å²) in [5.74, 6) is 0. The maximum Gasteiger partial charge on any atom is 0.0204 e. The molecule has 9 heavy (non-hydrogen) atoms. The largest absolute Gasteiger partial charge is 0.316 e. The lowest BCUT2D eigenvalue weighted by molar-refractivity contribution is 0.560. The van der Waals surface area contributed by atoms with Gasteiger partial charge in [0, 0.05) is 12.0 Å². The highest BCUT2D eigenvalue weighted by Crippen LogP contribution is 2.31. The molecule has 0 atom stereocenters. The molecule has 1 spiro atoms. The van der Waals surface area contributed by atoms with Crippen molar-refractivity contribution in [2.24, 2.45) is 5.41 Å². The van der Waals surface area contributed by atoms with Gasteiger partial charge in [0.15, 0.2) is 0 Å². The third-order valence-electron chi connectivity index (χ3n) is 2.19. The summed E-state index contributed by atoms with van der Waals surface area (Å²) in [6, 6.07) is 0. The molecule has 0 bridgehead atoms. The summed E-state index contributed by atoms with van der Waals surface area (Å²) in [7, 11) is 0. The minimum atomic E-state index is 0.417. The van der Waals surface area contributed by atoms with E-state index in [4.69, 9.17) is 0 Å². The fraction of sp³-hybridized carbons (Fsp3) is 0.500. The van der Waals surface area contributed by atoms with E-state index in [1.807, 2.05) is 0 Å². The summed E-state index contributed by atoms with van der Waals surface area (Å²) >= 11 is 0. The molecule has 2 aliphatic rings. The second-order valence-corrected chi connectivity index (χ2v) is 2.88. The van der Waals surface area contributed by atoms with Crippen LogP contribution in [0.3, 0.4) is 0 Å². The second-order valence-electron chi connectivity index (χ2n) is 2.88. The van der Waals surface area contributed by atoms with Crippen LogP contribution in [0.25, 0.3) is 0 Å². The Labute approximate surface area is 55.5 Å². The molecule has 1 heteroatoms. The Hall–Kier alpha value is -0.560. The Morgan fingerprint density at radius 1 is 1.22 bits per heavy atom. The van der Waals surface area contributed by atoms with Gasteiger partial charge < -0.3 is 5.32 Å². The number of allylic oxidation sites excluding steroid dienone is 2. The normalized spacial score (nSPS) is 28.4. The van der Waals surface area contributed by atoms with Crippen molar-refractivity contribution in [3.63, 3.8) is 0 Å². The standard InChI is InChI=1S/C8H11N/c1-2-4-8(3-1)5-6-9-7-8/h1-4,9H,5-7H2. The highest BCUT2D eigenvalue weighted by molar-refractivity contribution is 5.26. The molecule has 1 heterocycles. The molecule has 1 aliphatic heterocycles. The Balaban J connectivity index is 2.23. The highest BCUT2D eigenvalue weighted by atomic mass is 14.9. The smallest absolute Gasteiger partial charge is 0.0204 e. The van der Waals surface area contributed by atoms with Gasteiger partial charge in [-0.1, -0.05) is 24.3 Å². The van der Waals surface area contributed by atoms with Crippen LogP contribution < -0.4 is 5.32 Å². The van der Waals surface area contributed by atoms with Crippen LogP contribution in [0, 0.1) is 5.41 Å². The molecular weight excluding hydrogens is 110 g/mol. The summed E-state index contributed by atoms with van der Waals surface area (Å²) < 4.78 is 0. The number of rotatable bonds is 0. The van der Waals surface area contributed by atoms with E-state index < -0.39 is 0 Å². The molecule has 0 saturated carbocycles. The van der Waals surface area contributed by atoms with Gasteiger partial charge in [0.1, 0.15) is 0 Å². The maximum absolute atomic E-state index is 3.35. The molecule has 0 aromatic rings. The van der Waals surface area contributed by atoms with Gasteiger partial charge in [0.2, 0.25) is 0 Å². The quantitative estimate of drug-likeness (QED) is 0.506. The summed E-state index contributed by atoms with van der Waals surface area (Å²) in [6.07, 6.45) is 10.2. The van der Waals surface area contributed by atoms with E-state index in [-0.39, 0.29) is 0 Å². The predicted molar refractivity (Wildman–Crippen MR) is 38.2 cm³/mol. The Bertz CT molecular complexity index is 147. The molecule has 1 nitrogen and oxygen atoms in total. The molecule has 0 aromatic carbocycles. The van der Waals surface area contributed by atoms with Crippen LogP contribution >= 0.6 is 0 Å². The number of nitrogens with one attached hydrogen (secondary N) is 1. The second kappa shape index (κ2) is 1.71. The summed E-state index contributed by atoms with van der Waals surface area (Å²) in [4.78, 5) is 0. The van der Waals surface area contributed by atoms with Gasteiger partial charge in [-0.05, 0) is 13.0 Å². The molecule has 0 unspecified atom stereocenters. The van der Waals surface area contributed by atoms with Gasteiger partial charge in [0.25, 0.3) is 0 Å². The van der Waals surface area contributed by atoms with Crippen molar-refractivity contribution in [3.05, 3.63) is 24.3 Å².